The van der Waals surface area contributed by atoms with E-state index >= 15 is 0 Å². The minimum Gasteiger partial charge on any atom is -0.337 e. The Hall–Kier alpha value is -1.66. The third-order valence-electron chi connectivity index (χ3n) is 8.30. The first-order valence-electron chi connectivity index (χ1n) is 12.7. The van der Waals surface area contributed by atoms with Gasteiger partial charge in [-0.15, -0.1) is 0 Å². The Morgan fingerprint density at radius 3 is 2.44 bits per heavy atom. The first-order valence-corrected chi connectivity index (χ1v) is 13.5. The molecule has 186 valence electrons. The lowest BCUT2D eigenvalue weighted by molar-refractivity contribution is -0.139. The van der Waals surface area contributed by atoms with Gasteiger partial charge in [-0.05, 0) is 48.3 Å². The molecule has 1 aromatic rings. The average Bonchev–Trinajstić information content (AvgIpc) is 2.80. The van der Waals surface area contributed by atoms with Gasteiger partial charge in [-0.1, -0.05) is 68.3 Å². The molecule has 2 amide bonds. The monoisotopic (exact) mass is 529 g/mol. The number of halogens is 1. The third-order valence-corrected chi connectivity index (χ3v) is 8.80. The lowest BCUT2D eigenvalue weighted by atomic mass is 9.49. The third kappa shape index (κ3) is 5.28. The predicted octanol–water partition coefficient (Wildman–Crippen LogP) is 5.07. The topological polar surface area (TPSA) is 43.9 Å². The highest BCUT2D eigenvalue weighted by molar-refractivity contribution is 9.10. The van der Waals surface area contributed by atoms with Crippen LogP contribution in [0.1, 0.15) is 57.8 Å². The van der Waals surface area contributed by atoms with Crippen molar-refractivity contribution in [1.82, 2.24) is 14.7 Å². The number of allylic oxidation sites excluding steroid dienone is 1. The minimum atomic E-state index is -0.387. The van der Waals surface area contributed by atoms with E-state index in [0.717, 1.165) is 68.2 Å². The normalized spacial score (nSPS) is 24.3. The molecule has 5 rings (SSSR count). The van der Waals surface area contributed by atoms with Crippen LogP contribution in [0.2, 0.25) is 0 Å². The second-order valence-corrected chi connectivity index (χ2v) is 12.9. The number of piperazine rings is 1. The van der Waals surface area contributed by atoms with E-state index in [4.69, 9.17) is 0 Å². The summed E-state index contributed by atoms with van der Waals surface area (Å²) in [6.07, 6.45) is 4.86. The van der Waals surface area contributed by atoms with Gasteiger partial charge in [0, 0.05) is 61.3 Å². The maximum absolute atomic E-state index is 13.3. The van der Waals surface area contributed by atoms with Gasteiger partial charge in [0.2, 0.25) is 5.91 Å². The maximum Gasteiger partial charge on any atom is 0.253 e. The molecule has 4 aliphatic rings. The van der Waals surface area contributed by atoms with E-state index in [1.807, 2.05) is 49.9 Å². The van der Waals surface area contributed by atoms with Crippen LogP contribution in [0.4, 0.5) is 0 Å². The molecule has 1 heterocycles. The summed E-state index contributed by atoms with van der Waals surface area (Å²) in [5, 5.41) is 0. The Labute approximate surface area is 213 Å². The van der Waals surface area contributed by atoms with E-state index in [9.17, 15) is 9.59 Å². The van der Waals surface area contributed by atoms with Crippen molar-refractivity contribution in [3.8, 4) is 0 Å². The molecule has 2 atom stereocenters. The Morgan fingerprint density at radius 2 is 1.85 bits per heavy atom. The number of rotatable bonds is 6. The van der Waals surface area contributed by atoms with Crippen LogP contribution in [-0.4, -0.2) is 72.3 Å². The molecule has 0 aromatic heterocycles. The second-order valence-electron chi connectivity index (χ2n) is 11.9. The summed E-state index contributed by atoms with van der Waals surface area (Å²) in [5.74, 6) is 1.75. The molecule has 0 radical (unpaired) electrons. The first-order chi connectivity index (χ1) is 16.0. The Bertz CT molecular complexity index is 957. The highest BCUT2D eigenvalue weighted by Crippen LogP contribution is 2.59. The van der Waals surface area contributed by atoms with Gasteiger partial charge in [0.15, 0.2) is 0 Å². The molecule has 5 nitrogen and oxygen atoms in total. The van der Waals surface area contributed by atoms with Crippen molar-refractivity contribution in [1.29, 1.82) is 0 Å². The van der Waals surface area contributed by atoms with Crippen molar-refractivity contribution in [3.05, 3.63) is 46.0 Å². The van der Waals surface area contributed by atoms with Gasteiger partial charge in [-0.25, -0.2) is 0 Å². The smallest absolute Gasteiger partial charge is 0.253 e. The fourth-order valence-corrected chi connectivity index (χ4v) is 6.24. The Morgan fingerprint density at radius 1 is 1.15 bits per heavy atom. The number of fused-ring (bicyclic) bond motifs is 1. The number of carbonyl (C=O) groups excluding carboxylic acids is 2. The lowest BCUT2D eigenvalue weighted by Gasteiger charge is -2.57. The molecule has 2 bridgehead atoms. The van der Waals surface area contributed by atoms with Crippen LogP contribution in [0, 0.1) is 22.7 Å². The van der Waals surface area contributed by atoms with Gasteiger partial charge < -0.3 is 9.80 Å². The zero-order valence-electron chi connectivity index (χ0n) is 21.4. The summed E-state index contributed by atoms with van der Waals surface area (Å²) in [6, 6.07) is 7.60. The largest absolute Gasteiger partial charge is 0.337 e. The quantitative estimate of drug-likeness (QED) is 0.483. The maximum atomic E-state index is 13.3. The predicted molar refractivity (Wildman–Crippen MR) is 141 cm³/mol. The Kier molecular flexibility index (Phi) is 7.31. The van der Waals surface area contributed by atoms with Gasteiger partial charge in [0.25, 0.3) is 5.91 Å². The summed E-state index contributed by atoms with van der Waals surface area (Å²) in [4.78, 5) is 32.6. The van der Waals surface area contributed by atoms with Crippen LogP contribution in [0.5, 0.6) is 0 Å². The molecule has 3 aliphatic carbocycles. The summed E-state index contributed by atoms with van der Waals surface area (Å²) in [5.41, 5.74) is 2.18. The van der Waals surface area contributed by atoms with Crippen LogP contribution >= 0.6 is 15.9 Å². The van der Waals surface area contributed by atoms with Gasteiger partial charge in [-0.3, -0.25) is 14.5 Å². The van der Waals surface area contributed by atoms with Crippen molar-refractivity contribution in [2.45, 2.75) is 47.5 Å². The zero-order chi connectivity index (χ0) is 24.7. The number of carbonyl (C=O) groups is 2. The average molecular weight is 531 g/mol. The van der Waals surface area contributed by atoms with Crippen LogP contribution < -0.4 is 0 Å². The van der Waals surface area contributed by atoms with Crippen LogP contribution in [-0.2, 0) is 4.79 Å². The fourth-order valence-electron chi connectivity index (χ4n) is 5.84. The number of amides is 2. The van der Waals surface area contributed by atoms with Crippen molar-refractivity contribution >= 4 is 27.7 Å². The standard InChI is InChI=1S/C28H40BrN3O2/c1-27(2,3)26(34)32(19-21-9-10-22-18-24(21)28(22,4)5)16-13-30-11-14-31(15-12-30)25(33)20-7-6-8-23(29)17-20/h6-9,17,22,24H,10-16,18-19H2,1-5H3. The first kappa shape index (κ1) is 25.4. The Balaban J connectivity index is 1.34. The van der Waals surface area contributed by atoms with Crippen LogP contribution in [0.15, 0.2) is 40.4 Å². The number of hydrogen-bond acceptors (Lipinski definition) is 3. The molecule has 1 aliphatic heterocycles. The van der Waals surface area contributed by atoms with Crippen molar-refractivity contribution < 1.29 is 9.59 Å². The van der Waals surface area contributed by atoms with Gasteiger partial charge in [0.1, 0.15) is 0 Å². The molecule has 1 aromatic carbocycles. The molecule has 2 unspecified atom stereocenters. The van der Waals surface area contributed by atoms with E-state index in [1.54, 1.807) is 0 Å². The number of benzene rings is 1. The van der Waals surface area contributed by atoms with E-state index in [2.05, 4.69) is 45.7 Å². The highest BCUT2D eigenvalue weighted by atomic mass is 79.9. The van der Waals surface area contributed by atoms with E-state index in [-0.39, 0.29) is 17.2 Å². The lowest BCUT2D eigenvalue weighted by Crippen LogP contribution is -2.53. The molecular formula is C28H40BrN3O2. The summed E-state index contributed by atoms with van der Waals surface area (Å²) < 4.78 is 0.925. The van der Waals surface area contributed by atoms with Gasteiger partial charge >= 0.3 is 0 Å². The van der Waals surface area contributed by atoms with E-state index < -0.39 is 0 Å². The SMILES string of the molecule is CC(C)(C)C(=O)N(CCN1CCN(C(=O)c2cccc(Br)c2)CC1)CC1=CCC2CC1C2(C)C. The zero-order valence-corrected chi connectivity index (χ0v) is 23.0. The molecular weight excluding hydrogens is 490 g/mol. The van der Waals surface area contributed by atoms with Crippen molar-refractivity contribution in [2.24, 2.45) is 22.7 Å². The summed E-state index contributed by atoms with van der Waals surface area (Å²) >= 11 is 3.46. The van der Waals surface area contributed by atoms with Gasteiger partial charge in [-0.2, -0.15) is 0 Å². The second kappa shape index (κ2) is 9.77. The molecule has 1 saturated heterocycles. The van der Waals surface area contributed by atoms with Crippen LogP contribution in [0.25, 0.3) is 0 Å². The molecule has 1 saturated carbocycles. The fraction of sp³-hybridized carbons (Fsp3) is 0.643. The highest BCUT2D eigenvalue weighted by Gasteiger charge is 2.51. The molecule has 6 heteroatoms. The number of nitrogens with zero attached hydrogens (tertiary/aromatic N) is 3. The minimum absolute atomic E-state index is 0.0936. The van der Waals surface area contributed by atoms with E-state index in [0.29, 0.717) is 11.3 Å². The van der Waals surface area contributed by atoms with Crippen molar-refractivity contribution in [3.63, 3.8) is 0 Å². The van der Waals surface area contributed by atoms with E-state index in [1.165, 1.54) is 12.0 Å². The number of hydrogen-bond donors (Lipinski definition) is 0. The van der Waals surface area contributed by atoms with Gasteiger partial charge in [0.05, 0.1) is 0 Å². The van der Waals surface area contributed by atoms with Crippen molar-refractivity contribution in [2.75, 3.05) is 45.8 Å². The molecule has 0 spiro atoms. The summed E-state index contributed by atoms with van der Waals surface area (Å²) in [6.45, 7) is 16.3. The molecule has 0 N–H and O–H groups in total. The molecule has 2 fully saturated rings. The molecule has 34 heavy (non-hydrogen) atoms. The van der Waals surface area contributed by atoms with Crippen LogP contribution in [0.3, 0.4) is 0 Å². The summed E-state index contributed by atoms with van der Waals surface area (Å²) in [7, 11) is 0.